The predicted octanol–water partition coefficient (Wildman–Crippen LogP) is 1.20. The van der Waals surface area contributed by atoms with Crippen molar-refractivity contribution in [3.8, 4) is 0 Å². The van der Waals surface area contributed by atoms with E-state index in [2.05, 4.69) is 5.32 Å². The molecule has 0 unspecified atom stereocenters. The topological polar surface area (TPSA) is 52.7 Å². The fraction of sp³-hybridized carbons (Fsp3) is 0.467. The molecule has 128 valence electrons. The van der Waals surface area contributed by atoms with Gasteiger partial charge in [-0.3, -0.25) is 9.59 Å². The van der Waals surface area contributed by atoms with Gasteiger partial charge in [0.05, 0.1) is 12.1 Å². The lowest BCUT2D eigenvalue weighted by Gasteiger charge is -2.29. The van der Waals surface area contributed by atoms with Crippen LogP contribution >= 0.6 is 12.4 Å². The van der Waals surface area contributed by atoms with Gasteiger partial charge in [0, 0.05) is 39.3 Å². The molecule has 0 aliphatic carbocycles. The van der Waals surface area contributed by atoms with E-state index >= 15 is 0 Å². The highest BCUT2D eigenvalue weighted by atomic mass is 35.5. The van der Waals surface area contributed by atoms with Crippen LogP contribution in [-0.2, 0) is 4.79 Å². The SMILES string of the molecule is Cc1cc(C(=O)N(C)CC(=O)N2CCNCC2)c(F)cc1F.Cl. The van der Waals surface area contributed by atoms with Gasteiger partial charge in [0.15, 0.2) is 0 Å². The van der Waals surface area contributed by atoms with Crippen molar-refractivity contribution in [2.45, 2.75) is 6.92 Å². The first kappa shape index (κ1) is 19.3. The summed E-state index contributed by atoms with van der Waals surface area (Å²) in [6.45, 7) is 3.94. The molecule has 1 saturated heterocycles. The third-order valence-electron chi connectivity index (χ3n) is 3.67. The molecule has 2 rings (SSSR count). The van der Waals surface area contributed by atoms with E-state index < -0.39 is 17.5 Å². The fourth-order valence-corrected chi connectivity index (χ4v) is 2.32. The van der Waals surface area contributed by atoms with Crippen LogP contribution in [0.1, 0.15) is 15.9 Å². The minimum absolute atomic E-state index is 0. The van der Waals surface area contributed by atoms with Crippen LogP contribution in [0.4, 0.5) is 8.78 Å². The third-order valence-corrected chi connectivity index (χ3v) is 3.67. The van der Waals surface area contributed by atoms with Crippen LogP contribution in [0.5, 0.6) is 0 Å². The molecule has 0 saturated carbocycles. The van der Waals surface area contributed by atoms with Crippen molar-refractivity contribution in [1.82, 2.24) is 15.1 Å². The van der Waals surface area contributed by atoms with Crippen LogP contribution < -0.4 is 5.32 Å². The summed E-state index contributed by atoms with van der Waals surface area (Å²) in [6.07, 6.45) is 0. The van der Waals surface area contributed by atoms with Crippen molar-refractivity contribution in [1.29, 1.82) is 0 Å². The Kier molecular flexibility index (Phi) is 6.90. The second-order valence-electron chi connectivity index (χ2n) is 5.37. The third kappa shape index (κ3) is 4.62. The molecule has 1 aromatic rings. The number of hydrogen-bond acceptors (Lipinski definition) is 3. The van der Waals surface area contributed by atoms with Crippen molar-refractivity contribution in [2.75, 3.05) is 39.8 Å². The number of likely N-dealkylation sites (N-methyl/N-ethyl adjacent to an activating group) is 1. The van der Waals surface area contributed by atoms with Crippen LogP contribution in [0.3, 0.4) is 0 Å². The van der Waals surface area contributed by atoms with Crippen molar-refractivity contribution in [3.05, 3.63) is 34.9 Å². The zero-order valence-electron chi connectivity index (χ0n) is 13.1. The molecule has 0 bridgehead atoms. The van der Waals surface area contributed by atoms with E-state index in [0.29, 0.717) is 19.2 Å². The first-order chi connectivity index (χ1) is 10.4. The Hall–Kier alpha value is -1.73. The number of carbonyl (C=O) groups is 2. The second kappa shape index (κ2) is 8.21. The average molecular weight is 348 g/mol. The Bertz CT molecular complexity index is 592. The maximum Gasteiger partial charge on any atom is 0.257 e. The predicted molar refractivity (Wildman–Crippen MR) is 84.8 cm³/mol. The zero-order chi connectivity index (χ0) is 16.3. The van der Waals surface area contributed by atoms with E-state index in [4.69, 9.17) is 0 Å². The summed E-state index contributed by atoms with van der Waals surface area (Å²) < 4.78 is 27.0. The molecule has 2 amide bonds. The van der Waals surface area contributed by atoms with Gasteiger partial charge in [0.1, 0.15) is 11.6 Å². The maximum atomic E-state index is 13.7. The summed E-state index contributed by atoms with van der Waals surface area (Å²) >= 11 is 0. The summed E-state index contributed by atoms with van der Waals surface area (Å²) in [6, 6.07) is 1.85. The first-order valence-corrected chi connectivity index (χ1v) is 7.09. The van der Waals surface area contributed by atoms with Gasteiger partial charge >= 0.3 is 0 Å². The lowest BCUT2D eigenvalue weighted by molar-refractivity contribution is -0.132. The van der Waals surface area contributed by atoms with E-state index in [0.717, 1.165) is 18.0 Å². The Balaban J connectivity index is 0.00000264. The monoisotopic (exact) mass is 347 g/mol. The molecular weight excluding hydrogens is 328 g/mol. The second-order valence-corrected chi connectivity index (χ2v) is 5.37. The molecule has 0 aromatic heterocycles. The van der Waals surface area contributed by atoms with Crippen LogP contribution in [0.25, 0.3) is 0 Å². The van der Waals surface area contributed by atoms with Gasteiger partial charge in [-0.1, -0.05) is 0 Å². The summed E-state index contributed by atoms with van der Waals surface area (Å²) in [5.74, 6) is -2.44. The van der Waals surface area contributed by atoms with E-state index in [-0.39, 0.29) is 36.0 Å². The van der Waals surface area contributed by atoms with Crippen molar-refractivity contribution in [2.24, 2.45) is 0 Å². The molecule has 23 heavy (non-hydrogen) atoms. The summed E-state index contributed by atoms with van der Waals surface area (Å²) in [5.41, 5.74) is -0.0407. The van der Waals surface area contributed by atoms with E-state index in [1.165, 1.54) is 20.0 Å². The molecule has 1 N–H and O–H groups in total. The number of nitrogens with one attached hydrogen (secondary N) is 1. The van der Waals surface area contributed by atoms with Crippen molar-refractivity contribution < 1.29 is 18.4 Å². The van der Waals surface area contributed by atoms with Gasteiger partial charge in [-0.05, 0) is 18.6 Å². The van der Waals surface area contributed by atoms with Crippen LogP contribution in [0.15, 0.2) is 12.1 Å². The highest BCUT2D eigenvalue weighted by molar-refractivity contribution is 5.96. The molecule has 0 radical (unpaired) electrons. The first-order valence-electron chi connectivity index (χ1n) is 7.09. The molecule has 8 heteroatoms. The number of piperazine rings is 1. The van der Waals surface area contributed by atoms with E-state index in [9.17, 15) is 18.4 Å². The number of nitrogens with zero attached hydrogens (tertiary/aromatic N) is 2. The summed E-state index contributed by atoms with van der Waals surface area (Å²) in [5, 5.41) is 3.13. The number of carbonyl (C=O) groups excluding carboxylic acids is 2. The van der Waals surface area contributed by atoms with Crippen molar-refractivity contribution in [3.63, 3.8) is 0 Å². The minimum Gasteiger partial charge on any atom is -0.339 e. The largest absolute Gasteiger partial charge is 0.339 e. The van der Waals surface area contributed by atoms with Gasteiger partial charge in [0.25, 0.3) is 5.91 Å². The molecule has 0 atom stereocenters. The molecule has 1 aliphatic heterocycles. The lowest BCUT2D eigenvalue weighted by Crippen LogP contribution is -2.49. The number of halogens is 3. The van der Waals surface area contributed by atoms with Crippen molar-refractivity contribution >= 4 is 24.2 Å². The minimum atomic E-state index is -0.922. The molecule has 1 heterocycles. The lowest BCUT2D eigenvalue weighted by atomic mass is 10.1. The number of amides is 2. The van der Waals surface area contributed by atoms with Gasteiger partial charge in [0.2, 0.25) is 5.91 Å². The Morgan fingerprint density at radius 2 is 1.83 bits per heavy atom. The van der Waals surface area contributed by atoms with Crippen LogP contribution in [-0.4, -0.2) is 61.4 Å². The molecule has 0 spiro atoms. The number of hydrogen-bond donors (Lipinski definition) is 1. The Labute approximate surface area is 140 Å². The van der Waals surface area contributed by atoms with Gasteiger partial charge in [-0.2, -0.15) is 0 Å². The number of aryl methyl sites for hydroxylation is 1. The quantitative estimate of drug-likeness (QED) is 0.894. The standard InChI is InChI=1S/C15H19F2N3O2.ClH/c1-10-7-11(13(17)8-12(10)16)15(22)19(2)9-14(21)20-5-3-18-4-6-20;/h7-8,18H,3-6,9H2,1-2H3;1H. The molecule has 1 fully saturated rings. The highest BCUT2D eigenvalue weighted by Gasteiger charge is 2.23. The van der Waals surface area contributed by atoms with E-state index in [1.807, 2.05) is 0 Å². The summed E-state index contributed by atoms with van der Waals surface area (Å²) in [4.78, 5) is 27.1. The Morgan fingerprint density at radius 3 is 2.43 bits per heavy atom. The average Bonchev–Trinajstić information content (AvgIpc) is 2.51. The number of benzene rings is 1. The normalized spacial score (nSPS) is 14.2. The summed E-state index contributed by atoms with van der Waals surface area (Å²) in [7, 11) is 1.43. The molecule has 5 nitrogen and oxygen atoms in total. The fourth-order valence-electron chi connectivity index (χ4n) is 2.32. The Morgan fingerprint density at radius 1 is 1.22 bits per heavy atom. The molecular formula is C15H20ClF2N3O2. The highest BCUT2D eigenvalue weighted by Crippen LogP contribution is 2.16. The van der Waals surface area contributed by atoms with Gasteiger partial charge in [-0.15, -0.1) is 12.4 Å². The molecule has 1 aliphatic rings. The van der Waals surface area contributed by atoms with Crippen LogP contribution in [0.2, 0.25) is 0 Å². The zero-order valence-corrected chi connectivity index (χ0v) is 13.9. The van der Waals surface area contributed by atoms with E-state index in [1.54, 1.807) is 4.90 Å². The smallest absolute Gasteiger partial charge is 0.257 e. The maximum absolute atomic E-state index is 13.7. The number of rotatable bonds is 3. The molecule has 1 aromatic carbocycles. The van der Waals surface area contributed by atoms with Gasteiger partial charge < -0.3 is 15.1 Å². The van der Waals surface area contributed by atoms with Crippen LogP contribution in [0, 0.1) is 18.6 Å². The van der Waals surface area contributed by atoms with Gasteiger partial charge in [-0.25, -0.2) is 8.78 Å².